The molecule has 1 aromatic rings. The molecule has 0 aliphatic carbocycles. The number of nitriles is 1. The molecule has 0 bridgehead atoms. The first-order valence-electron chi connectivity index (χ1n) is 6.39. The van der Waals surface area contributed by atoms with E-state index in [1.807, 2.05) is 24.8 Å². The van der Waals surface area contributed by atoms with Crippen molar-refractivity contribution in [2.24, 2.45) is 5.92 Å². The third-order valence-electron chi connectivity index (χ3n) is 3.53. The van der Waals surface area contributed by atoms with Crippen LogP contribution in [-0.2, 0) is 4.79 Å². The SMILES string of the molecule is Cc1cc(N2CCCC(C(=O)O)C2)c(C#N)c(C)n1. The Kier molecular flexibility index (Phi) is 3.70. The summed E-state index contributed by atoms with van der Waals surface area (Å²) in [6, 6.07) is 4.05. The van der Waals surface area contributed by atoms with E-state index in [1.165, 1.54) is 0 Å². The minimum Gasteiger partial charge on any atom is -0.481 e. The summed E-state index contributed by atoms with van der Waals surface area (Å²) in [6.07, 6.45) is 1.54. The number of anilines is 1. The highest BCUT2D eigenvalue weighted by Gasteiger charge is 2.27. The highest BCUT2D eigenvalue weighted by Crippen LogP contribution is 2.28. The summed E-state index contributed by atoms with van der Waals surface area (Å²) in [5.41, 5.74) is 2.92. The Hall–Kier alpha value is -2.09. The molecule has 1 saturated heterocycles. The lowest BCUT2D eigenvalue weighted by Crippen LogP contribution is -2.39. The molecular formula is C14H17N3O2. The van der Waals surface area contributed by atoms with Crippen LogP contribution in [0.4, 0.5) is 5.69 Å². The number of pyridine rings is 1. The van der Waals surface area contributed by atoms with Gasteiger partial charge in [-0.1, -0.05) is 0 Å². The minimum absolute atomic E-state index is 0.353. The normalized spacial score (nSPS) is 19.0. The lowest BCUT2D eigenvalue weighted by atomic mass is 9.97. The Bertz CT molecular complexity index is 548. The van der Waals surface area contributed by atoms with Crippen LogP contribution in [0.3, 0.4) is 0 Å². The smallest absolute Gasteiger partial charge is 0.308 e. The fourth-order valence-electron chi connectivity index (χ4n) is 2.59. The second-order valence-electron chi connectivity index (χ2n) is 4.98. The van der Waals surface area contributed by atoms with Gasteiger partial charge in [-0.05, 0) is 32.8 Å². The first-order valence-corrected chi connectivity index (χ1v) is 6.39. The van der Waals surface area contributed by atoms with E-state index >= 15 is 0 Å². The summed E-state index contributed by atoms with van der Waals surface area (Å²) >= 11 is 0. The van der Waals surface area contributed by atoms with E-state index in [4.69, 9.17) is 5.11 Å². The largest absolute Gasteiger partial charge is 0.481 e. The van der Waals surface area contributed by atoms with Crippen molar-refractivity contribution in [3.05, 3.63) is 23.0 Å². The first kappa shape index (κ1) is 13.3. The molecule has 1 N–H and O–H groups in total. The molecular weight excluding hydrogens is 242 g/mol. The Morgan fingerprint density at radius 1 is 1.58 bits per heavy atom. The van der Waals surface area contributed by atoms with Crippen molar-refractivity contribution in [3.8, 4) is 6.07 Å². The van der Waals surface area contributed by atoms with Gasteiger partial charge in [0.05, 0.1) is 22.9 Å². The average molecular weight is 259 g/mol. The van der Waals surface area contributed by atoms with Crippen LogP contribution in [-0.4, -0.2) is 29.1 Å². The number of aliphatic carboxylic acids is 1. The maximum atomic E-state index is 11.1. The van der Waals surface area contributed by atoms with E-state index in [-0.39, 0.29) is 5.92 Å². The monoisotopic (exact) mass is 259 g/mol. The molecule has 1 aliphatic heterocycles. The van der Waals surface area contributed by atoms with Gasteiger partial charge in [0.25, 0.3) is 0 Å². The molecule has 1 fully saturated rings. The van der Waals surface area contributed by atoms with Gasteiger partial charge in [0.2, 0.25) is 0 Å². The van der Waals surface area contributed by atoms with Gasteiger partial charge in [-0.3, -0.25) is 9.78 Å². The Labute approximate surface area is 112 Å². The van der Waals surface area contributed by atoms with Gasteiger partial charge in [0, 0.05) is 18.8 Å². The lowest BCUT2D eigenvalue weighted by Gasteiger charge is -2.33. The number of nitrogens with zero attached hydrogens (tertiary/aromatic N) is 3. The number of carboxylic acid groups (broad SMARTS) is 1. The number of hydrogen-bond donors (Lipinski definition) is 1. The fraction of sp³-hybridized carbons (Fsp3) is 0.500. The zero-order chi connectivity index (χ0) is 14.0. The van der Waals surface area contributed by atoms with Crippen LogP contribution < -0.4 is 4.90 Å². The van der Waals surface area contributed by atoms with Crippen molar-refractivity contribution < 1.29 is 9.90 Å². The minimum atomic E-state index is -0.759. The van der Waals surface area contributed by atoms with Gasteiger partial charge in [0.1, 0.15) is 6.07 Å². The number of aromatic nitrogens is 1. The Morgan fingerprint density at radius 3 is 2.95 bits per heavy atom. The van der Waals surface area contributed by atoms with Gasteiger partial charge in [-0.25, -0.2) is 0 Å². The van der Waals surface area contributed by atoms with Crippen LogP contribution in [0.1, 0.15) is 29.8 Å². The highest BCUT2D eigenvalue weighted by molar-refractivity contribution is 5.72. The second-order valence-corrected chi connectivity index (χ2v) is 4.98. The Balaban J connectivity index is 2.36. The molecule has 0 spiro atoms. The number of carbonyl (C=O) groups is 1. The predicted octanol–water partition coefficient (Wildman–Crippen LogP) is 1.87. The molecule has 0 aromatic carbocycles. The maximum Gasteiger partial charge on any atom is 0.308 e. The predicted molar refractivity (Wildman–Crippen MR) is 71.0 cm³/mol. The van der Waals surface area contributed by atoms with Crippen LogP contribution >= 0.6 is 0 Å². The molecule has 0 radical (unpaired) electrons. The zero-order valence-corrected chi connectivity index (χ0v) is 11.2. The number of aryl methyl sites for hydroxylation is 2. The van der Waals surface area contributed by atoms with Gasteiger partial charge < -0.3 is 10.0 Å². The van der Waals surface area contributed by atoms with Gasteiger partial charge in [-0.15, -0.1) is 0 Å². The summed E-state index contributed by atoms with van der Waals surface area (Å²) in [6.45, 7) is 4.96. The van der Waals surface area contributed by atoms with E-state index < -0.39 is 5.97 Å². The third kappa shape index (κ3) is 2.68. The van der Waals surface area contributed by atoms with Crippen molar-refractivity contribution in [1.82, 2.24) is 4.98 Å². The molecule has 0 amide bonds. The fourth-order valence-corrected chi connectivity index (χ4v) is 2.59. The van der Waals surface area contributed by atoms with Crippen LogP contribution in [0.15, 0.2) is 6.07 Å². The van der Waals surface area contributed by atoms with E-state index in [0.717, 1.165) is 24.3 Å². The molecule has 2 rings (SSSR count). The van der Waals surface area contributed by atoms with Crippen molar-refractivity contribution in [1.29, 1.82) is 5.26 Å². The molecule has 1 atom stereocenters. The molecule has 0 saturated carbocycles. The lowest BCUT2D eigenvalue weighted by molar-refractivity contribution is -0.141. The van der Waals surface area contributed by atoms with Gasteiger partial charge in [-0.2, -0.15) is 5.26 Å². The summed E-state index contributed by atoms with van der Waals surface area (Å²) < 4.78 is 0. The van der Waals surface area contributed by atoms with Crippen LogP contribution in [0.25, 0.3) is 0 Å². The molecule has 5 heteroatoms. The molecule has 1 unspecified atom stereocenters. The summed E-state index contributed by atoms with van der Waals surface area (Å²) in [5, 5.41) is 18.4. The number of rotatable bonds is 2. The number of piperidine rings is 1. The third-order valence-corrected chi connectivity index (χ3v) is 3.53. The molecule has 1 aromatic heterocycles. The van der Waals surface area contributed by atoms with E-state index in [0.29, 0.717) is 24.2 Å². The van der Waals surface area contributed by atoms with E-state index in [1.54, 1.807) is 0 Å². The van der Waals surface area contributed by atoms with Gasteiger partial charge >= 0.3 is 5.97 Å². The molecule has 1 aliphatic rings. The van der Waals surface area contributed by atoms with Crippen LogP contribution in [0, 0.1) is 31.1 Å². The Morgan fingerprint density at radius 2 is 2.32 bits per heavy atom. The average Bonchev–Trinajstić information content (AvgIpc) is 2.38. The number of hydrogen-bond acceptors (Lipinski definition) is 4. The van der Waals surface area contributed by atoms with Crippen LogP contribution in [0.5, 0.6) is 0 Å². The molecule has 5 nitrogen and oxygen atoms in total. The van der Waals surface area contributed by atoms with E-state index in [9.17, 15) is 10.1 Å². The molecule has 2 heterocycles. The summed E-state index contributed by atoms with van der Waals surface area (Å²) in [7, 11) is 0. The maximum absolute atomic E-state index is 11.1. The zero-order valence-electron chi connectivity index (χ0n) is 11.2. The van der Waals surface area contributed by atoms with Crippen molar-refractivity contribution in [3.63, 3.8) is 0 Å². The second kappa shape index (κ2) is 5.27. The van der Waals surface area contributed by atoms with Gasteiger partial charge in [0.15, 0.2) is 0 Å². The molecule has 100 valence electrons. The van der Waals surface area contributed by atoms with Crippen molar-refractivity contribution in [2.75, 3.05) is 18.0 Å². The standard InChI is InChI=1S/C14H17N3O2/c1-9-6-13(12(7-15)10(2)16-9)17-5-3-4-11(8-17)14(18)19/h6,11H,3-5,8H2,1-2H3,(H,18,19). The summed E-state index contributed by atoms with van der Waals surface area (Å²) in [5.74, 6) is -1.11. The molecule has 19 heavy (non-hydrogen) atoms. The topological polar surface area (TPSA) is 77.2 Å². The van der Waals surface area contributed by atoms with Crippen molar-refractivity contribution in [2.45, 2.75) is 26.7 Å². The van der Waals surface area contributed by atoms with Crippen molar-refractivity contribution >= 4 is 11.7 Å². The first-order chi connectivity index (χ1) is 9.02. The quantitative estimate of drug-likeness (QED) is 0.877. The van der Waals surface area contributed by atoms with E-state index in [2.05, 4.69) is 11.1 Å². The summed E-state index contributed by atoms with van der Waals surface area (Å²) in [4.78, 5) is 17.4. The van der Waals surface area contributed by atoms with Crippen LogP contribution in [0.2, 0.25) is 0 Å². The highest BCUT2D eigenvalue weighted by atomic mass is 16.4. The number of carboxylic acids is 1.